The molecule has 2 rings (SSSR count). The molecule has 0 amide bonds. The van der Waals surface area contributed by atoms with Crippen LogP contribution in [0.25, 0.3) is 0 Å². The summed E-state index contributed by atoms with van der Waals surface area (Å²) in [6, 6.07) is 7.67. The summed E-state index contributed by atoms with van der Waals surface area (Å²) in [5, 5.41) is 5.07. The highest BCUT2D eigenvalue weighted by Crippen LogP contribution is 2.20. The number of guanidine groups is 1. The molecule has 0 saturated heterocycles. The maximum Gasteiger partial charge on any atom is 0.188 e. The van der Waals surface area contributed by atoms with Crippen LogP contribution in [0.4, 0.5) is 8.78 Å². The number of nitrogens with one attached hydrogen (secondary N) is 1. The van der Waals surface area contributed by atoms with E-state index in [2.05, 4.69) is 16.4 Å². The molecular weight excluding hydrogens is 304 g/mol. The summed E-state index contributed by atoms with van der Waals surface area (Å²) in [7, 11) is 0. The summed E-state index contributed by atoms with van der Waals surface area (Å²) < 4.78 is 26.5. The van der Waals surface area contributed by atoms with Gasteiger partial charge in [0.15, 0.2) is 5.96 Å². The Kier molecular flexibility index (Phi) is 5.89. The molecule has 0 aliphatic rings. The second kappa shape index (κ2) is 7.89. The predicted octanol–water partition coefficient (Wildman–Crippen LogP) is 3.28. The number of hydrogen-bond acceptors (Lipinski definition) is 2. The molecule has 2 aromatic rings. The molecule has 0 spiro atoms. The van der Waals surface area contributed by atoms with Crippen molar-refractivity contribution in [3.05, 3.63) is 57.8 Å². The Morgan fingerprint density at radius 1 is 1.36 bits per heavy atom. The molecule has 118 valence electrons. The molecule has 3 nitrogen and oxygen atoms in total. The van der Waals surface area contributed by atoms with E-state index in [1.807, 2.05) is 18.4 Å². The minimum Gasteiger partial charge on any atom is -0.370 e. The molecule has 0 radical (unpaired) electrons. The van der Waals surface area contributed by atoms with Crippen LogP contribution in [0.1, 0.15) is 23.3 Å². The second-order valence-corrected chi connectivity index (χ2v) is 6.08. The summed E-state index contributed by atoms with van der Waals surface area (Å²) in [5.41, 5.74) is 6.23. The number of nitrogens with zero attached hydrogens (tertiary/aromatic N) is 1. The number of rotatable bonds is 6. The van der Waals surface area contributed by atoms with E-state index in [-0.39, 0.29) is 5.92 Å². The van der Waals surface area contributed by atoms with Crippen LogP contribution in [-0.2, 0) is 6.42 Å². The lowest BCUT2D eigenvalue weighted by molar-refractivity contribution is 0.560. The van der Waals surface area contributed by atoms with Gasteiger partial charge < -0.3 is 11.1 Å². The summed E-state index contributed by atoms with van der Waals surface area (Å²) in [4.78, 5) is 5.49. The molecule has 1 heterocycles. The number of aliphatic imine (C=N–C) groups is 1. The molecule has 0 aliphatic heterocycles. The Hall–Kier alpha value is -1.95. The van der Waals surface area contributed by atoms with E-state index in [1.54, 1.807) is 11.3 Å². The maximum atomic E-state index is 13.7. The largest absolute Gasteiger partial charge is 0.370 e. The van der Waals surface area contributed by atoms with Crippen LogP contribution in [0.3, 0.4) is 0 Å². The number of hydrogen-bond donors (Lipinski definition) is 2. The van der Waals surface area contributed by atoms with Crippen LogP contribution >= 0.6 is 11.3 Å². The van der Waals surface area contributed by atoms with Crippen molar-refractivity contribution in [2.24, 2.45) is 10.7 Å². The van der Waals surface area contributed by atoms with Gasteiger partial charge in [-0.3, -0.25) is 4.99 Å². The van der Waals surface area contributed by atoms with Crippen LogP contribution in [0, 0.1) is 11.6 Å². The zero-order valence-corrected chi connectivity index (χ0v) is 13.2. The quantitative estimate of drug-likeness (QED) is 0.633. The van der Waals surface area contributed by atoms with Gasteiger partial charge in [-0.05, 0) is 29.5 Å². The molecule has 22 heavy (non-hydrogen) atoms. The first kappa shape index (κ1) is 16.4. The molecule has 1 aromatic heterocycles. The summed E-state index contributed by atoms with van der Waals surface area (Å²) in [6.45, 7) is 2.88. The molecule has 0 aliphatic carbocycles. The van der Waals surface area contributed by atoms with Gasteiger partial charge in [0.05, 0.1) is 0 Å². The molecule has 1 unspecified atom stereocenters. The minimum absolute atomic E-state index is 0.168. The fraction of sp³-hybridized carbons (Fsp3) is 0.312. The number of benzene rings is 1. The van der Waals surface area contributed by atoms with Crippen molar-refractivity contribution in [2.45, 2.75) is 19.3 Å². The predicted molar refractivity (Wildman–Crippen MR) is 87.3 cm³/mol. The topological polar surface area (TPSA) is 50.4 Å². The zero-order chi connectivity index (χ0) is 15.9. The lowest BCUT2D eigenvalue weighted by Crippen LogP contribution is -2.33. The lowest BCUT2D eigenvalue weighted by atomic mass is 10.0. The van der Waals surface area contributed by atoms with Gasteiger partial charge in [0.1, 0.15) is 11.6 Å². The van der Waals surface area contributed by atoms with Gasteiger partial charge in [-0.1, -0.05) is 19.1 Å². The van der Waals surface area contributed by atoms with Crippen molar-refractivity contribution in [1.82, 2.24) is 5.32 Å². The Balaban J connectivity index is 1.81. The van der Waals surface area contributed by atoms with Crippen LogP contribution < -0.4 is 11.1 Å². The first-order chi connectivity index (χ1) is 10.6. The first-order valence-corrected chi connectivity index (χ1v) is 7.95. The SMILES string of the molecule is CC(CN=C(N)NCCc1cccs1)c1ccc(F)cc1F. The molecular formula is C16H19F2N3S. The highest BCUT2D eigenvalue weighted by Gasteiger charge is 2.11. The van der Waals surface area contributed by atoms with Crippen molar-refractivity contribution in [2.75, 3.05) is 13.1 Å². The Morgan fingerprint density at radius 2 is 2.18 bits per heavy atom. The Morgan fingerprint density at radius 3 is 2.86 bits per heavy atom. The van der Waals surface area contributed by atoms with Gasteiger partial charge in [-0.25, -0.2) is 8.78 Å². The fourth-order valence-electron chi connectivity index (χ4n) is 2.06. The van der Waals surface area contributed by atoms with Crippen molar-refractivity contribution >= 4 is 17.3 Å². The normalized spacial score (nSPS) is 13.1. The van der Waals surface area contributed by atoms with E-state index in [1.165, 1.54) is 17.0 Å². The lowest BCUT2D eigenvalue weighted by Gasteiger charge is -2.11. The Bertz CT molecular complexity index is 626. The molecule has 0 fully saturated rings. The zero-order valence-electron chi connectivity index (χ0n) is 12.4. The molecule has 0 saturated carbocycles. The van der Waals surface area contributed by atoms with Crippen LogP contribution in [0.5, 0.6) is 0 Å². The molecule has 6 heteroatoms. The van der Waals surface area contributed by atoms with Crippen molar-refractivity contribution < 1.29 is 8.78 Å². The van der Waals surface area contributed by atoms with Crippen LogP contribution in [0.2, 0.25) is 0 Å². The minimum atomic E-state index is -0.577. The van der Waals surface area contributed by atoms with Crippen LogP contribution in [0.15, 0.2) is 40.7 Å². The molecule has 0 bridgehead atoms. The third-order valence-corrected chi connectivity index (χ3v) is 4.22. The first-order valence-electron chi connectivity index (χ1n) is 7.07. The van der Waals surface area contributed by atoms with E-state index >= 15 is 0 Å². The highest BCUT2D eigenvalue weighted by atomic mass is 32.1. The molecule has 1 atom stereocenters. The van der Waals surface area contributed by atoms with Crippen molar-refractivity contribution in [1.29, 1.82) is 0 Å². The molecule has 1 aromatic carbocycles. The third kappa shape index (κ3) is 4.80. The monoisotopic (exact) mass is 323 g/mol. The van der Waals surface area contributed by atoms with Gasteiger partial charge in [-0.15, -0.1) is 11.3 Å². The average molecular weight is 323 g/mol. The highest BCUT2D eigenvalue weighted by molar-refractivity contribution is 7.09. The number of thiophene rings is 1. The van der Waals surface area contributed by atoms with E-state index in [9.17, 15) is 8.78 Å². The van der Waals surface area contributed by atoms with Gasteiger partial charge >= 0.3 is 0 Å². The second-order valence-electron chi connectivity index (χ2n) is 5.05. The maximum absolute atomic E-state index is 13.7. The summed E-state index contributed by atoms with van der Waals surface area (Å²) in [5.74, 6) is -0.956. The van der Waals surface area contributed by atoms with Gasteiger partial charge in [-0.2, -0.15) is 0 Å². The van der Waals surface area contributed by atoms with Crippen molar-refractivity contribution in [3.8, 4) is 0 Å². The number of halogens is 2. The van der Waals surface area contributed by atoms with E-state index in [0.29, 0.717) is 24.6 Å². The van der Waals surface area contributed by atoms with E-state index in [0.717, 1.165) is 12.5 Å². The fourth-order valence-corrected chi connectivity index (χ4v) is 2.77. The Labute approximate surface area is 132 Å². The third-order valence-electron chi connectivity index (χ3n) is 3.29. The van der Waals surface area contributed by atoms with E-state index in [4.69, 9.17) is 5.73 Å². The average Bonchev–Trinajstić information content (AvgIpc) is 2.98. The number of nitrogens with two attached hydrogens (primary N) is 1. The van der Waals surface area contributed by atoms with Gasteiger partial charge in [0, 0.05) is 30.0 Å². The molecule has 3 N–H and O–H groups in total. The van der Waals surface area contributed by atoms with Crippen molar-refractivity contribution in [3.63, 3.8) is 0 Å². The standard InChI is InChI=1S/C16H19F2N3S/c1-11(14-5-4-12(17)9-15(14)18)10-21-16(19)20-7-6-13-3-2-8-22-13/h2-5,8-9,11H,6-7,10H2,1H3,(H3,19,20,21). The van der Waals surface area contributed by atoms with Crippen LogP contribution in [-0.4, -0.2) is 19.0 Å². The smallest absolute Gasteiger partial charge is 0.188 e. The summed E-state index contributed by atoms with van der Waals surface area (Å²) >= 11 is 1.70. The summed E-state index contributed by atoms with van der Waals surface area (Å²) in [6.07, 6.45) is 0.885. The van der Waals surface area contributed by atoms with E-state index < -0.39 is 11.6 Å². The van der Waals surface area contributed by atoms with Gasteiger partial charge in [0.2, 0.25) is 0 Å². The van der Waals surface area contributed by atoms with Gasteiger partial charge in [0.25, 0.3) is 0 Å².